The largest absolute Gasteiger partial charge is 0.497 e. The van der Waals surface area contributed by atoms with Gasteiger partial charge >= 0.3 is 0 Å². The number of ether oxygens (including phenoxy) is 3. The number of benzene rings is 1. The summed E-state index contributed by atoms with van der Waals surface area (Å²) in [7, 11) is 3.36. The first-order valence-electron chi connectivity index (χ1n) is 6.30. The molecule has 1 rings (SSSR count). The molecular formula is C14H23NO3. The zero-order valence-electron chi connectivity index (χ0n) is 11.3. The highest BCUT2D eigenvalue weighted by molar-refractivity contribution is 5.40. The Labute approximate surface area is 109 Å². The van der Waals surface area contributed by atoms with E-state index in [2.05, 4.69) is 0 Å². The van der Waals surface area contributed by atoms with Crippen LogP contribution in [0.1, 0.15) is 18.4 Å². The Morgan fingerprint density at radius 1 is 1.11 bits per heavy atom. The molecule has 102 valence electrons. The van der Waals surface area contributed by atoms with Gasteiger partial charge in [0.1, 0.15) is 11.5 Å². The molecule has 0 aliphatic carbocycles. The molecule has 0 amide bonds. The van der Waals surface area contributed by atoms with Crippen molar-refractivity contribution in [2.24, 2.45) is 5.73 Å². The lowest BCUT2D eigenvalue weighted by Gasteiger charge is -2.12. The van der Waals surface area contributed by atoms with Crippen LogP contribution in [0, 0.1) is 0 Å². The van der Waals surface area contributed by atoms with E-state index in [0.29, 0.717) is 13.2 Å². The standard InChI is InChI=1S/C14H23NO3/c1-16-9-3-4-10-18-14-11-13(17-2)6-5-12(14)7-8-15/h5-6,11H,3-4,7-10,15H2,1-2H3. The topological polar surface area (TPSA) is 53.7 Å². The van der Waals surface area contributed by atoms with E-state index >= 15 is 0 Å². The molecular weight excluding hydrogens is 230 g/mol. The summed E-state index contributed by atoms with van der Waals surface area (Å²) in [5, 5.41) is 0. The van der Waals surface area contributed by atoms with E-state index in [0.717, 1.165) is 42.9 Å². The third-order valence-corrected chi connectivity index (χ3v) is 2.69. The van der Waals surface area contributed by atoms with Crippen LogP contribution in [0.25, 0.3) is 0 Å². The Hall–Kier alpha value is -1.26. The summed E-state index contributed by atoms with van der Waals surface area (Å²) in [6.45, 7) is 2.08. The molecule has 0 radical (unpaired) electrons. The smallest absolute Gasteiger partial charge is 0.126 e. The van der Waals surface area contributed by atoms with E-state index in [4.69, 9.17) is 19.9 Å². The molecule has 0 aliphatic heterocycles. The zero-order valence-corrected chi connectivity index (χ0v) is 11.3. The molecule has 0 spiro atoms. The molecule has 0 heterocycles. The fraction of sp³-hybridized carbons (Fsp3) is 0.571. The molecule has 1 aromatic carbocycles. The summed E-state index contributed by atoms with van der Waals surface area (Å²) in [5.41, 5.74) is 6.72. The summed E-state index contributed by atoms with van der Waals surface area (Å²) in [6, 6.07) is 5.86. The summed E-state index contributed by atoms with van der Waals surface area (Å²) < 4.78 is 16.0. The van der Waals surface area contributed by atoms with Crippen molar-refractivity contribution in [3.63, 3.8) is 0 Å². The van der Waals surface area contributed by atoms with Crippen LogP contribution in [0.2, 0.25) is 0 Å². The van der Waals surface area contributed by atoms with Crippen molar-refractivity contribution in [3.05, 3.63) is 23.8 Å². The monoisotopic (exact) mass is 253 g/mol. The first-order valence-corrected chi connectivity index (χ1v) is 6.30. The van der Waals surface area contributed by atoms with Gasteiger partial charge in [0.05, 0.1) is 13.7 Å². The van der Waals surface area contributed by atoms with Crippen LogP contribution in [0.5, 0.6) is 11.5 Å². The SMILES string of the molecule is COCCCCOc1cc(OC)ccc1CCN. The first kappa shape index (κ1) is 14.8. The lowest BCUT2D eigenvalue weighted by Crippen LogP contribution is -2.06. The number of methoxy groups -OCH3 is 2. The third kappa shape index (κ3) is 4.94. The number of hydrogen-bond donors (Lipinski definition) is 1. The maximum atomic E-state index is 5.79. The molecule has 0 bridgehead atoms. The van der Waals surface area contributed by atoms with Crippen molar-refractivity contribution < 1.29 is 14.2 Å². The number of nitrogens with two attached hydrogens (primary N) is 1. The highest BCUT2D eigenvalue weighted by Crippen LogP contribution is 2.25. The Bertz CT molecular complexity index is 342. The quantitative estimate of drug-likeness (QED) is 0.684. The van der Waals surface area contributed by atoms with Gasteiger partial charge in [-0.05, 0) is 37.4 Å². The van der Waals surface area contributed by atoms with Crippen molar-refractivity contribution in [3.8, 4) is 11.5 Å². The summed E-state index contributed by atoms with van der Waals surface area (Å²) >= 11 is 0. The van der Waals surface area contributed by atoms with Gasteiger partial charge in [-0.15, -0.1) is 0 Å². The van der Waals surface area contributed by atoms with Gasteiger partial charge in [0.25, 0.3) is 0 Å². The Morgan fingerprint density at radius 2 is 1.89 bits per heavy atom. The van der Waals surface area contributed by atoms with E-state index in [1.54, 1.807) is 14.2 Å². The second-order valence-corrected chi connectivity index (χ2v) is 4.06. The van der Waals surface area contributed by atoms with Gasteiger partial charge < -0.3 is 19.9 Å². The van der Waals surface area contributed by atoms with Gasteiger partial charge in [-0.1, -0.05) is 6.07 Å². The molecule has 0 unspecified atom stereocenters. The van der Waals surface area contributed by atoms with Gasteiger partial charge in [0, 0.05) is 19.8 Å². The fourth-order valence-corrected chi connectivity index (χ4v) is 1.69. The minimum atomic E-state index is 0.617. The van der Waals surface area contributed by atoms with Gasteiger partial charge in [0.15, 0.2) is 0 Å². The molecule has 2 N–H and O–H groups in total. The Kier molecular flexibility index (Phi) is 7.22. The van der Waals surface area contributed by atoms with E-state index in [9.17, 15) is 0 Å². The second-order valence-electron chi connectivity index (χ2n) is 4.06. The number of rotatable bonds is 9. The fourth-order valence-electron chi connectivity index (χ4n) is 1.69. The van der Waals surface area contributed by atoms with Crippen LogP contribution in [0.3, 0.4) is 0 Å². The maximum absolute atomic E-state index is 5.79. The van der Waals surface area contributed by atoms with E-state index < -0.39 is 0 Å². The van der Waals surface area contributed by atoms with Crippen molar-refractivity contribution in [2.45, 2.75) is 19.3 Å². The van der Waals surface area contributed by atoms with Crippen molar-refractivity contribution in [2.75, 3.05) is 34.0 Å². The molecule has 0 saturated heterocycles. The van der Waals surface area contributed by atoms with Gasteiger partial charge in [-0.2, -0.15) is 0 Å². The highest BCUT2D eigenvalue weighted by atomic mass is 16.5. The highest BCUT2D eigenvalue weighted by Gasteiger charge is 2.05. The van der Waals surface area contributed by atoms with Crippen LogP contribution < -0.4 is 15.2 Å². The Morgan fingerprint density at radius 3 is 2.56 bits per heavy atom. The van der Waals surface area contributed by atoms with Gasteiger partial charge in [-0.25, -0.2) is 0 Å². The van der Waals surface area contributed by atoms with Gasteiger partial charge in [0.2, 0.25) is 0 Å². The average Bonchev–Trinajstić information content (AvgIpc) is 2.40. The van der Waals surface area contributed by atoms with Crippen molar-refractivity contribution in [1.29, 1.82) is 0 Å². The maximum Gasteiger partial charge on any atom is 0.126 e. The van der Waals surface area contributed by atoms with Crippen molar-refractivity contribution >= 4 is 0 Å². The van der Waals surface area contributed by atoms with Gasteiger partial charge in [-0.3, -0.25) is 0 Å². The van der Waals surface area contributed by atoms with Crippen LogP contribution in [0.15, 0.2) is 18.2 Å². The lowest BCUT2D eigenvalue weighted by atomic mass is 10.1. The third-order valence-electron chi connectivity index (χ3n) is 2.69. The molecule has 4 heteroatoms. The number of hydrogen-bond acceptors (Lipinski definition) is 4. The summed E-state index contributed by atoms with van der Waals surface area (Å²) in [6.07, 6.45) is 2.80. The lowest BCUT2D eigenvalue weighted by molar-refractivity contribution is 0.184. The summed E-state index contributed by atoms with van der Waals surface area (Å²) in [5.74, 6) is 1.68. The second kappa shape index (κ2) is 8.78. The van der Waals surface area contributed by atoms with Crippen LogP contribution in [0.4, 0.5) is 0 Å². The number of unbranched alkanes of at least 4 members (excludes halogenated alkanes) is 1. The predicted octanol–water partition coefficient (Wildman–Crippen LogP) is 2.00. The molecule has 0 fully saturated rings. The average molecular weight is 253 g/mol. The van der Waals surface area contributed by atoms with Crippen LogP contribution >= 0.6 is 0 Å². The molecule has 0 saturated carbocycles. The van der Waals surface area contributed by atoms with Crippen LogP contribution in [-0.4, -0.2) is 34.0 Å². The minimum absolute atomic E-state index is 0.617. The first-order chi connectivity index (χ1) is 8.81. The minimum Gasteiger partial charge on any atom is -0.497 e. The summed E-state index contributed by atoms with van der Waals surface area (Å²) in [4.78, 5) is 0. The van der Waals surface area contributed by atoms with Crippen LogP contribution in [-0.2, 0) is 11.2 Å². The Balaban J connectivity index is 2.54. The molecule has 1 aromatic rings. The van der Waals surface area contributed by atoms with E-state index in [-0.39, 0.29) is 0 Å². The molecule has 0 aromatic heterocycles. The molecule has 0 aliphatic rings. The predicted molar refractivity (Wildman–Crippen MR) is 72.4 cm³/mol. The van der Waals surface area contributed by atoms with E-state index in [1.165, 1.54) is 0 Å². The zero-order chi connectivity index (χ0) is 13.2. The molecule has 0 atom stereocenters. The molecule has 18 heavy (non-hydrogen) atoms. The van der Waals surface area contributed by atoms with Crippen molar-refractivity contribution in [1.82, 2.24) is 0 Å². The molecule has 4 nitrogen and oxygen atoms in total. The normalized spacial score (nSPS) is 10.4. The van der Waals surface area contributed by atoms with E-state index in [1.807, 2.05) is 18.2 Å².